The molecular formula is C19H20N6O2. The number of hydrogen-bond acceptors (Lipinski definition) is 7. The Morgan fingerprint density at radius 1 is 1.22 bits per heavy atom. The number of nitrogens with zero attached hydrogens (tertiary/aromatic N) is 5. The van der Waals surface area contributed by atoms with Crippen molar-refractivity contribution in [1.29, 1.82) is 0 Å². The number of benzene rings is 1. The van der Waals surface area contributed by atoms with Crippen molar-refractivity contribution < 1.29 is 9.94 Å². The molecule has 2 aromatic heterocycles. The maximum absolute atomic E-state index is 10.8. The molecule has 3 aromatic rings. The third-order valence-electron chi connectivity index (χ3n) is 5.35. The molecule has 0 bridgehead atoms. The molecule has 5 rings (SSSR count). The normalized spacial score (nSPS) is 26.7. The number of rotatable bonds is 4. The molecule has 1 aliphatic carbocycles. The zero-order chi connectivity index (χ0) is 18.4. The van der Waals surface area contributed by atoms with Gasteiger partial charge < -0.3 is 19.8 Å². The van der Waals surface area contributed by atoms with Crippen LogP contribution in [0.5, 0.6) is 0 Å². The summed E-state index contributed by atoms with van der Waals surface area (Å²) in [6, 6.07) is 9.79. The van der Waals surface area contributed by atoms with Gasteiger partial charge in [0.05, 0.1) is 30.1 Å². The van der Waals surface area contributed by atoms with E-state index < -0.39 is 6.10 Å². The van der Waals surface area contributed by atoms with Crippen LogP contribution in [0.4, 0.5) is 5.82 Å². The molecule has 1 aromatic carbocycles. The van der Waals surface area contributed by atoms with Gasteiger partial charge in [-0.05, 0) is 18.9 Å². The number of aromatic nitrogens is 4. The van der Waals surface area contributed by atoms with Crippen molar-refractivity contribution in [3.8, 4) is 0 Å². The van der Waals surface area contributed by atoms with Crippen LogP contribution in [-0.2, 0) is 4.84 Å². The van der Waals surface area contributed by atoms with E-state index in [0.29, 0.717) is 12.2 Å². The molecule has 0 saturated heterocycles. The molecular weight excluding hydrogens is 344 g/mol. The van der Waals surface area contributed by atoms with Gasteiger partial charge in [-0.25, -0.2) is 15.0 Å². The van der Waals surface area contributed by atoms with Crippen LogP contribution in [-0.4, -0.2) is 49.1 Å². The third-order valence-corrected chi connectivity index (χ3v) is 5.35. The van der Waals surface area contributed by atoms with Crippen molar-refractivity contribution in [1.82, 2.24) is 19.5 Å². The zero-order valence-corrected chi connectivity index (χ0v) is 14.9. The van der Waals surface area contributed by atoms with Crippen molar-refractivity contribution >= 4 is 22.7 Å². The summed E-state index contributed by atoms with van der Waals surface area (Å²) in [6.45, 7) is 2.76. The summed E-state index contributed by atoms with van der Waals surface area (Å²) in [5.74, 6) is 0.551. The van der Waals surface area contributed by atoms with E-state index in [4.69, 9.17) is 4.84 Å². The SMILES string of the molecule is CCNc1ncnc2c1ncn2[C@@H]1C[C@H](O)[C@H]2C(c3ccccc3)=NO[C@H]21. The van der Waals surface area contributed by atoms with Gasteiger partial charge in [-0.2, -0.15) is 0 Å². The average molecular weight is 364 g/mol. The summed E-state index contributed by atoms with van der Waals surface area (Å²) < 4.78 is 1.98. The van der Waals surface area contributed by atoms with Gasteiger partial charge in [0.25, 0.3) is 0 Å². The fourth-order valence-electron chi connectivity index (χ4n) is 4.16. The molecule has 0 radical (unpaired) electrons. The van der Waals surface area contributed by atoms with Crippen molar-refractivity contribution in [3.63, 3.8) is 0 Å². The number of aliphatic hydroxyl groups excluding tert-OH is 1. The van der Waals surface area contributed by atoms with Gasteiger partial charge in [-0.1, -0.05) is 35.5 Å². The number of hydrogen-bond donors (Lipinski definition) is 2. The summed E-state index contributed by atoms with van der Waals surface area (Å²) in [6.07, 6.45) is 3.07. The molecule has 1 aliphatic heterocycles. The highest BCUT2D eigenvalue weighted by molar-refractivity contribution is 6.03. The van der Waals surface area contributed by atoms with Gasteiger partial charge in [-0.15, -0.1) is 0 Å². The van der Waals surface area contributed by atoms with Crippen LogP contribution in [0.3, 0.4) is 0 Å². The zero-order valence-electron chi connectivity index (χ0n) is 14.9. The molecule has 0 unspecified atom stereocenters. The first-order valence-corrected chi connectivity index (χ1v) is 9.16. The Morgan fingerprint density at radius 3 is 2.89 bits per heavy atom. The molecule has 2 N–H and O–H groups in total. The standard InChI is InChI=1S/C19H20N6O2/c1-2-20-18-16-19(22-9-21-18)25(10-23-16)12-8-13(26)14-15(24-27-17(12)14)11-6-4-3-5-7-11/h3-7,9-10,12-14,17,26H,2,8H2,1H3,(H,20,21,22)/t12-,13+,14+,17+/m1/s1. The molecule has 0 spiro atoms. The van der Waals surface area contributed by atoms with Gasteiger partial charge in [0, 0.05) is 6.54 Å². The average Bonchev–Trinajstić information content (AvgIpc) is 3.39. The van der Waals surface area contributed by atoms with Crippen LogP contribution in [0.15, 0.2) is 48.1 Å². The lowest BCUT2D eigenvalue weighted by Crippen LogP contribution is -2.29. The second kappa shape index (κ2) is 6.31. The second-order valence-electron chi connectivity index (χ2n) is 6.89. The Morgan fingerprint density at radius 2 is 2.07 bits per heavy atom. The maximum atomic E-state index is 10.8. The molecule has 2 aliphatic rings. The Kier molecular flexibility index (Phi) is 3.78. The quantitative estimate of drug-likeness (QED) is 0.735. The summed E-state index contributed by atoms with van der Waals surface area (Å²) >= 11 is 0. The highest BCUT2D eigenvalue weighted by Crippen LogP contribution is 2.44. The Hall–Kier alpha value is -3.00. The van der Waals surface area contributed by atoms with Crippen LogP contribution in [0, 0.1) is 5.92 Å². The minimum absolute atomic E-state index is 0.0932. The molecule has 27 heavy (non-hydrogen) atoms. The number of nitrogens with one attached hydrogen (secondary N) is 1. The Labute approximate surface area is 155 Å². The van der Waals surface area contributed by atoms with Gasteiger partial charge >= 0.3 is 0 Å². The lowest BCUT2D eigenvalue weighted by Gasteiger charge is -2.18. The van der Waals surface area contributed by atoms with Crippen LogP contribution >= 0.6 is 0 Å². The number of fused-ring (bicyclic) bond motifs is 2. The highest BCUT2D eigenvalue weighted by atomic mass is 16.6. The largest absolute Gasteiger partial charge is 0.392 e. The molecule has 1 fully saturated rings. The van der Waals surface area contributed by atoms with E-state index in [1.54, 1.807) is 6.33 Å². The van der Waals surface area contributed by atoms with E-state index in [-0.39, 0.29) is 18.1 Å². The maximum Gasteiger partial charge on any atom is 0.165 e. The highest BCUT2D eigenvalue weighted by Gasteiger charge is 2.52. The fourth-order valence-corrected chi connectivity index (χ4v) is 4.16. The smallest absolute Gasteiger partial charge is 0.165 e. The van der Waals surface area contributed by atoms with Crippen molar-refractivity contribution in [3.05, 3.63) is 48.5 Å². The Bertz CT molecular complexity index is 1000. The molecule has 0 amide bonds. The third kappa shape index (κ3) is 2.48. The van der Waals surface area contributed by atoms with Crippen molar-refractivity contribution in [2.75, 3.05) is 11.9 Å². The van der Waals surface area contributed by atoms with Crippen LogP contribution < -0.4 is 5.32 Å². The predicted octanol–water partition coefficient (Wildman–Crippen LogP) is 1.98. The monoisotopic (exact) mass is 364 g/mol. The second-order valence-corrected chi connectivity index (χ2v) is 6.89. The van der Waals surface area contributed by atoms with Crippen LogP contribution in [0.1, 0.15) is 24.9 Å². The number of anilines is 1. The van der Waals surface area contributed by atoms with Gasteiger partial charge in [0.15, 0.2) is 17.6 Å². The lowest BCUT2D eigenvalue weighted by molar-refractivity contribution is 0.0380. The fraction of sp³-hybridized carbons (Fsp3) is 0.368. The molecule has 3 heterocycles. The van der Waals surface area contributed by atoms with E-state index in [2.05, 4.69) is 25.4 Å². The summed E-state index contributed by atoms with van der Waals surface area (Å²) in [5, 5.41) is 18.3. The number of imidazole rings is 1. The molecule has 8 nitrogen and oxygen atoms in total. The van der Waals surface area contributed by atoms with E-state index in [0.717, 1.165) is 29.0 Å². The molecule has 4 atom stereocenters. The summed E-state index contributed by atoms with van der Waals surface area (Å²) in [4.78, 5) is 19.0. The Balaban J connectivity index is 1.50. The van der Waals surface area contributed by atoms with E-state index in [1.807, 2.05) is 41.8 Å². The van der Waals surface area contributed by atoms with Crippen LogP contribution in [0.25, 0.3) is 11.2 Å². The lowest BCUT2D eigenvalue weighted by atomic mass is 9.92. The molecule has 1 saturated carbocycles. The molecule has 138 valence electrons. The van der Waals surface area contributed by atoms with Crippen molar-refractivity contribution in [2.24, 2.45) is 11.1 Å². The first kappa shape index (κ1) is 16.2. The molecule has 8 heteroatoms. The first-order valence-electron chi connectivity index (χ1n) is 9.16. The summed E-state index contributed by atoms with van der Waals surface area (Å²) in [7, 11) is 0. The minimum atomic E-state index is -0.533. The topological polar surface area (TPSA) is 97.5 Å². The van der Waals surface area contributed by atoms with Crippen molar-refractivity contribution in [2.45, 2.75) is 31.6 Å². The van der Waals surface area contributed by atoms with E-state index in [9.17, 15) is 5.11 Å². The number of oxime groups is 1. The van der Waals surface area contributed by atoms with Crippen LogP contribution in [0.2, 0.25) is 0 Å². The van der Waals surface area contributed by atoms with E-state index >= 15 is 0 Å². The minimum Gasteiger partial charge on any atom is -0.392 e. The van der Waals surface area contributed by atoms with E-state index in [1.165, 1.54) is 6.33 Å². The van der Waals surface area contributed by atoms with Gasteiger partial charge in [0.1, 0.15) is 11.8 Å². The number of aliphatic hydroxyl groups is 1. The summed E-state index contributed by atoms with van der Waals surface area (Å²) in [5.41, 5.74) is 3.25. The predicted molar refractivity (Wildman–Crippen MR) is 100 cm³/mol. The van der Waals surface area contributed by atoms with Gasteiger partial charge in [-0.3, -0.25) is 0 Å². The van der Waals surface area contributed by atoms with Gasteiger partial charge in [0.2, 0.25) is 0 Å². The first-order chi connectivity index (χ1) is 13.3.